The van der Waals surface area contributed by atoms with Crippen molar-refractivity contribution in [2.24, 2.45) is 38.9 Å². The van der Waals surface area contributed by atoms with Crippen molar-refractivity contribution < 1.29 is 24.2 Å². The Labute approximate surface area is 371 Å². The molecule has 3 atom stereocenters. The van der Waals surface area contributed by atoms with E-state index in [2.05, 4.69) is 168 Å². The zero-order chi connectivity index (χ0) is 43.1. The molecular formula is C57H74Zr-4. The molecule has 0 amide bonds. The van der Waals surface area contributed by atoms with Crippen LogP contribution >= 0.6 is 0 Å². The normalized spacial score (nSPS) is 23.7. The molecule has 310 valence electrons. The number of unbranched alkanes of at least 4 members (excludes halogenated alkanes) is 1. The first-order chi connectivity index (χ1) is 27.3. The number of rotatable bonds is 3. The van der Waals surface area contributed by atoms with Gasteiger partial charge in [-0.2, -0.15) is 94.6 Å². The van der Waals surface area contributed by atoms with E-state index in [0.29, 0.717) is 17.3 Å². The van der Waals surface area contributed by atoms with E-state index in [1.807, 2.05) is 48.5 Å². The molecule has 0 nitrogen and oxygen atoms in total. The van der Waals surface area contributed by atoms with Crippen molar-refractivity contribution >= 4 is 9.78 Å². The third-order valence-electron chi connectivity index (χ3n) is 15.1. The fraction of sp³-hybridized carbons (Fsp3) is 0.474. The van der Waals surface area contributed by atoms with Gasteiger partial charge in [-0.25, -0.2) is 12.0 Å². The number of benzene rings is 3. The minimum absolute atomic E-state index is 0.164. The predicted molar refractivity (Wildman–Crippen MR) is 250 cm³/mol. The van der Waals surface area contributed by atoms with Gasteiger partial charge in [0, 0.05) is 0 Å². The molecule has 0 heterocycles. The van der Waals surface area contributed by atoms with E-state index in [0.717, 1.165) is 6.42 Å². The first kappa shape index (κ1) is 47.7. The van der Waals surface area contributed by atoms with Crippen LogP contribution in [0.15, 0.2) is 119 Å². The standard InChI is InChI=1S/C29H37.C13H21.2C7H7.CH2.Zr/c1-18-25-22-17-19-13-9-10-14-20(19)24(22)21-15-11-12-16-23(21)29(25,8)28(6,7)27(4,5)26(18,2)3;1-5-6-7-11-8-9-12(10-11)13(2,3)4;2*1-7-5-3-2-4-6-7;;/h9-11,13-15,23H,12,16-17H2,1-8H3;9-11H,5-7H2,1-4H3;2*3-6H,1H3;1H2;/q4*-1;;. The molecule has 1 fully saturated rings. The van der Waals surface area contributed by atoms with Gasteiger partial charge in [0.1, 0.15) is 0 Å². The van der Waals surface area contributed by atoms with Gasteiger partial charge in [-0.3, -0.25) is 6.08 Å². The molecule has 5 aliphatic carbocycles. The van der Waals surface area contributed by atoms with Gasteiger partial charge < -0.3 is 0 Å². The second-order valence-electron chi connectivity index (χ2n) is 19.8. The first-order valence-electron chi connectivity index (χ1n) is 21.9. The molecular weight excluding hydrogens is 776 g/mol. The second kappa shape index (κ2) is 19.6. The Morgan fingerprint density at radius 1 is 0.828 bits per heavy atom. The van der Waals surface area contributed by atoms with E-state index < -0.39 is 0 Å². The molecule has 0 aliphatic heterocycles. The summed E-state index contributed by atoms with van der Waals surface area (Å²) in [6.07, 6.45) is 20.4. The van der Waals surface area contributed by atoms with Crippen LogP contribution in [0.25, 0.3) is 5.57 Å². The SMILES string of the molecule is CCCCC1[C-]=CC(C(C)(C)C)=C1.C[C-]1C2=C3Cc4ccccc4C3=C3C=CCCC3C2(C)C(C)(C)C(C)(C)C1(C)C.Cc1cc[c-]cc1.Cc1cc[c-]cc1.[CH2]=[Zr]. The van der Waals surface area contributed by atoms with Gasteiger partial charge in [-0.05, 0) is 40.6 Å². The van der Waals surface area contributed by atoms with Crippen LogP contribution in [-0.2, 0) is 30.7 Å². The van der Waals surface area contributed by atoms with E-state index >= 15 is 0 Å². The van der Waals surface area contributed by atoms with Crippen molar-refractivity contribution in [3.05, 3.63) is 166 Å². The molecule has 0 aromatic heterocycles. The summed E-state index contributed by atoms with van der Waals surface area (Å²) in [5.74, 6) is 2.83. The summed E-state index contributed by atoms with van der Waals surface area (Å²) in [6, 6.07) is 30.8. The number of fused-ring (bicyclic) bond motifs is 6. The van der Waals surface area contributed by atoms with Crippen LogP contribution in [0, 0.1) is 76.9 Å². The van der Waals surface area contributed by atoms with Crippen molar-refractivity contribution in [3.8, 4) is 0 Å². The van der Waals surface area contributed by atoms with Crippen molar-refractivity contribution in [1.29, 1.82) is 0 Å². The molecule has 58 heavy (non-hydrogen) atoms. The van der Waals surface area contributed by atoms with Gasteiger partial charge in [0.25, 0.3) is 0 Å². The van der Waals surface area contributed by atoms with E-state index in [-0.39, 0.29) is 21.7 Å². The van der Waals surface area contributed by atoms with E-state index in [1.165, 1.54) is 84.2 Å². The van der Waals surface area contributed by atoms with Crippen molar-refractivity contribution in [2.45, 2.75) is 135 Å². The van der Waals surface area contributed by atoms with E-state index in [9.17, 15) is 0 Å². The monoisotopic (exact) mass is 848 g/mol. The topological polar surface area (TPSA) is 0 Å². The minimum atomic E-state index is 0.164. The number of allylic oxidation sites excluding steroid dienone is 10. The van der Waals surface area contributed by atoms with Crippen LogP contribution in [0.5, 0.6) is 0 Å². The Balaban J connectivity index is 0.000000210. The van der Waals surface area contributed by atoms with Crippen molar-refractivity contribution in [1.82, 2.24) is 0 Å². The maximum atomic E-state index is 3.43. The molecule has 0 radical (unpaired) electrons. The van der Waals surface area contributed by atoms with Crippen LogP contribution in [0.1, 0.15) is 137 Å². The van der Waals surface area contributed by atoms with Gasteiger partial charge in [0.2, 0.25) is 0 Å². The molecule has 3 unspecified atom stereocenters. The quantitative estimate of drug-likeness (QED) is 0.230. The van der Waals surface area contributed by atoms with Crippen LogP contribution in [-0.4, -0.2) is 4.21 Å². The third kappa shape index (κ3) is 9.47. The summed E-state index contributed by atoms with van der Waals surface area (Å²) < 4.78 is 3.34. The second-order valence-corrected chi connectivity index (χ2v) is 19.8. The Morgan fingerprint density at radius 3 is 1.90 bits per heavy atom. The molecule has 3 aromatic rings. The van der Waals surface area contributed by atoms with Crippen LogP contribution in [0.4, 0.5) is 0 Å². The van der Waals surface area contributed by atoms with Gasteiger partial charge in [-0.15, -0.1) is 6.92 Å². The fourth-order valence-electron chi connectivity index (χ4n) is 10.1. The zero-order valence-corrected chi connectivity index (χ0v) is 41.3. The van der Waals surface area contributed by atoms with Gasteiger partial charge in [0.05, 0.1) is 0 Å². The summed E-state index contributed by atoms with van der Waals surface area (Å²) in [7, 11) is 0. The maximum absolute atomic E-state index is 3.43. The van der Waals surface area contributed by atoms with Crippen LogP contribution in [0.2, 0.25) is 0 Å². The molecule has 0 saturated heterocycles. The summed E-state index contributed by atoms with van der Waals surface area (Å²) in [5, 5.41) is 0. The van der Waals surface area contributed by atoms with E-state index in [1.54, 1.807) is 28.2 Å². The third-order valence-corrected chi connectivity index (χ3v) is 15.1. The first-order valence-corrected chi connectivity index (χ1v) is 23.6. The van der Waals surface area contributed by atoms with Crippen LogP contribution < -0.4 is 0 Å². The Hall–Kier alpha value is -3.02. The average Bonchev–Trinajstić information content (AvgIpc) is 3.84. The molecule has 5 aliphatic rings. The molecule has 1 saturated carbocycles. The molecule has 0 N–H and O–H groups in total. The number of hydrogen-bond donors (Lipinski definition) is 0. The van der Waals surface area contributed by atoms with Crippen molar-refractivity contribution in [3.63, 3.8) is 0 Å². The van der Waals surface area contributed by atoms with Gasteiger partial charge in [-0.1, -0.05) is 186 Å². The fourth-order valence-corrected chi connectivity index (χ4v) is 10.1. The number of aryl methyl sites for hydroxylation is 2. The zero-order valence-electron chi connectivity index (χ0n) is 38.8. The number of hydrogen-bond acceptors (Lipinski definition) is 0. The van der Waals surface area contributed by atoms with E-state index in [4.69, 9.17) is 0 Å². The molecule has 1 heteroatoms. The molecule has 0 bridgehead atoms. The average molecular weight is 850 g/mol. The van der Waals surface area contributed by atoms with Gasteiger partial charge >= 0.3 is 28.4 Å². The Bertz CT molecular complexity index is 1930. The summed E-state index contributed by atoms with van der Waals surface area (Å²) in [6.45, 7) is 33.5. The van der Waals surface area contributed by atoms with Crippen molar-refractivity contribution in [2.75, 3.05) is 0 Å². The predicted octanol–water partition coefficient (Wildman–Crippen LogP) is 15.7. The molecule has 0 spiro atoms. The molecule has 8 rings (SSSR count). The molecule has 3 aromatic carbocycles. The Kier molecular flexibility index (Phi) is 16.1. The van der Waals surface area contributed by atoms with Crippen LogP contribution in [0.3, 0.4) is 0 Å². The van der Waals surface area contributed by atoms with Gasteiger partial charge in [0.15, 0.2) is 0 Å². The Morgan fingerprint density at radius 2 is 1.40 bits per heavy atom. The summed E-state index contributed by atoms with van der Waals surface area (Å²) >= 11 is 1.30. The summed E-state index contributed by atoms with van der Waals surface area (Å²) in [5.41, 5.74) is 14.6. The summed E-state index contributed by atoms with van der Waals surface area (Å²) in [4.78, 5) is 0.